The molecule has 0 saturated heterocycles. The molecule has 0 spiro atoms. The summed E-state index contributed by atoms with van der Waals surface area (Å²) in [6, 6.07) is 7.49. The molecule has 0 amide bonds. The van der Waals surface area contributed by atoms with Crippen LogP contribution in [0.2, 0.25) is 0 Å². The Labute approximate surface area is 102 Å². The molecule has 0 aliphatic heterocycles. The van der Waals surface area contributed by atoms with E-state index in [2.05, 4.69) is 4.74 Å². The molecule has 0 aliphatic rings. The van der Waals surface area contributed by atoms with Crippen molar-refractivity contribution in [2.24, 2.45) is 5.73 Å². The SMILES string of the molecule is COC(=O)Cc1cccc(OCCCCN)c1. The Morgan fingerprint density at radius 3 is 2.88 bits per heavy atom. The lowest BCUT2D eigenvalue weighted by Gasteiger charge is -2.07. The van der Waals surface area contributed by atoms with Crippen LogP contribution in [-0.2, 0) is 16.0 Å². The van der Waals surface area contributed by atoms with Gasteiger partial charge in [-0.15, -0.1) is 0 Å². The predicted molar refractivity (Wildman–Crippen MR) is 65.9 cm³/mol. The maximum absolute atomic E-state index is 11.1. The van der Waals surface area contributed by atoms with Crippen molar-refractivity contribution in [1.29, 1.82) is 0 Å². The molecule has 94 valence electrons. The number of carbonyl (C=O) groups excluding carboxylic acids is 1. The molecule has 4 heteroatoms. The minimum Gasteiger partial charge on any atom is -0.494 e. The quantitative estimate of drug-likeness (QED) is 0.577. The number of unbranched alkanes of at least 4 members (excludes halogenated alkanes) is 1. The van der Waals surface area contributed by atoms with Gasteiger partial charge in [0.05, 0.1) is 20.1 Å². The Hall–Kier alpha value is -1.55. The minimum atomic E-state index is -0.245. The lowest BCUT2D eigenvalue weighted by molar-refractivity contribution is -0.139. The van der Waals surface area contributed by atoms with Gasteiger partial charge in [0.25, 0.3) is 0 Å². The zero-order valence-corrected chi connectivity index (χ0v) is 10.1. The van der Waals surface area contributed by atoms with E-state index in [1.807, 2.05) is 24.3 Å². The molecule has 1 aromatic carbocycles. The van der Waals surface area contributed by atoms with Gasteiger partial charge in [0.2, 0.25) is 0 Å². The van der Waals surface area contributed by atoms with Crippen molar-refractivity contribution in [2.45, 2.75) is 19.3 Å². The van der Waals surface area contributed by atoms with E-state index >= 15 is 0 Å². The first-order valence-corrected chi connectivity index (χ1v) is 5.75. The Morgan fingerprint density at radius 1 is 1.35 bits per heavy atom. The van der Waals surface area contributed by atoms with Gasteiger partial charge in [-0.1, -0.05) is 12.1 Å². The molecule has 1 rings (SSSR count). The molecule has 0 bridgehead atoms. The van der Waals surface area contributed by atoms with Crippen LogP contribution in [0.5, 0.6) is 5.75 Å². The van der Waals surface area contributed by atoms with Crippen molar-refractivity contribution in [3.63, 3.8) is 0 Å². The molecule has 0 aliphatic carbocycles. The van der Waals surface area contributed by atoms with E-state index in [1.54, 1.807) is 0 Å². The van der Waals surface area contributed by atoms with Crippen LogP contribution >= 0.6 is 0 Å². The van der Waals surface area contributed by atoms with Gasteiger partial charge in [0, 0.05) is 0 Å². The molecule has 0 saturated carbocycles. The number of hydrogen-bond acceptors (Lipinski definition) is 4. The summed E-state index contributed by atoms with van der Waals surface area (Å²) in [6.45, 7) is 1.34. The zero-order valence-electron chi connectivity index (χ0n) is 10.1. The summed E-state index contributed by atoms with van der Waals surface area (Å²) in [5, 5.41) is 0. The molecule has 4 nitrogen and oxygen atoms in total. The van der Waals surface area contributed by atoms with Gasteiger partial charge < -0.3 is 15.2 Å². The lowest BCUT2D eigenvalue weighted by atomic mass is 10.1. The smallest absolute Gasteiger partial charge is 0.309 e. The first-order valence-electron chi connectivity index (χ1n) is 5.75. The third-order valence-corrected chi connectivity index (χ3v) is 2.34. The Kier molecular flexibility index (Phi) is 6.10. The van der Waals surface area contributed by atoms with E-state index in [-0.39, 0.29) is 12.4 Å². The summed E-state index contributed by atoms with van der Waals surface area (Å²) >= 11 is 0. The fourth-order valence-electron chi connectivity index (χ4n) is 1.42. The molecule has 0 aromatic heterocycles. The highest BCUT2D eigenvalue weighted by Crippen LogP contribution is 2.14. The highest BCUT2D eigenvalue weighted by molar-refractivity contribution is 5.72. The van der Waals surface area contributed by atoms with E-state index in [0.29, 0.717) is 13.2 Å². The van der Waals surface area contributed by atoms with E-state index in [4.69, 9.17) is 10.5 Å². The summed E-state index contributed by atoms with van der Waals surface area (Å²) in [4.78, 5) is 11.1. The highest BCUT2D eigenvalue weighted by atomic mass is 16.5. The lowest BCUT2D eigenvalue weighted by Crippen LogP contribution is -2.05. The van der Waals surface area contributed by atoms with Crippen molar-refractivity contribution >= 4 is 5.97 Å². The van der Waals surface area contributed by atoms with E-state index < -0.39 is 0 Å². The zero-order chi connectivity index (χ0) is 12.5. The summed E-state index contributed by atoms with van der Waals surface area (Å²) in [6.07, 6.45) is 2.18. The van der Waals surface area contributed by atoms with Crippen LogP contribution in [0.25, 0.3) is 0 Å². The standard InChI is InChI=1S/C13H19NO3/c1-16-13(15)10-11-5-4-6-12(9-11)17-8-3-2-7-14/h4-6,9H,2-3,7-8,10,14H2,1H3. The average molecular weight is 237 g/mol. The van der Waals surface area contributed by atoms with Crippen LogP contribution in [0, 0.1) is 0 Å². The molecule has 17 heavy (non-hydrogen) atoms. The maximum Gasteiger partial charge on any atom is 0.309 e. The average Bonchev–Trinajstić information content (AvgIpc) is 2.35. The second-order valence-electron chi connectivity index (χ2n) is 3.74. The number of benzene rings is 1. The number of methoxy groups -OCH3 is 1. The van der Waals surface area contributed by atoms with Gasteiger partial charge in [0.15, 0.2) is 0 Å². The largest absolute Gasteiger partial charge is 0.494 e. The summed E-state index contributed by atoms with van der Waals surface area (Å²) in [5.41, 5.74) is 6.29. The van der Waals surface area contributed by atoms with Crippen molar-refractivity contribution in [3.05, 3.63) is 29.8 Å². The third-order valence-electron chi connectivity index (χ3n) is 2.34. The molecular weight excluding hydrogens is 218 g/mol. The van der Waals surface area contributed by atoms with Crippen molar-refractivity contribution < 1.29 is 14.3 Å². The molecule has 0 heterocycles. The van der Waals surface area contributed by atoms with Crippen LogP contribution < -0.4 is 10.5 Å². The number of carbonyl (C=O) groups is 1. The van der Waals surface area contributed by atoms with Crippen LogP contribution in [0.15, 0.2) is 24.3 Å². The van der Waals surface area contributed by atoms with E-state index in [1.165, 1.54) is 7.11 Å². The van der Waals surface area contributed by atoms with E-state index in [9.17, 15) is 4.79 Å². The predicted octanol–water partition coefficient (Wildman–Crippen LogP) is 1.52. The van der Waals surface area contributed by atoms with Crippen LogP contribution in [0.3, 0.4) is 0 Å². The summed E-state index contributed by atoms with van der Waals surface area (Å²) < 4.78 is 10.2. The number of hydrogen-bond donors (Lipinski definition) is 1. The van der Waals surface area contributed by atoms with Crippen LogP contribution in [-0.4, -0.2) is 26.2 Å². The van der Waals surface area contributed by atoms with Gasteiger partial charge in [-0.3, -0.25) is 4.79 Å². The number of ether oxygens (including phenoxy) is 2. The molecule has 0 unspecified atom stereocenters. The normalized spacial score (nSPS) is 10.0. The number of esters is 1. The van der Waals surface area contributed by atoms with Gasteiger partial charge in [-0.05, 0) is 37.1 Å². The van der Waals surface area contributed by atoms with Crippen molar-refractivity contribution in [1.82, 2.24) is 0 Å². The summed E-state index contributed by atoms with van der Waals surface area (Å²) in [5.74, 6) is 0.536. The Balaban J connectivity index is 2.45. The molecule has 0 radical (unpaired) electrons. The Bertz CT molecular complexity index is 352. The maximum atomic E-state index is 11.1. The highest BCUT2D eigenvalue weighted by Gasteiger charge is 2.03. The number of nitrogens with two attached hydrogens (primary N) is 1. The van der Waals surface area contributed by atoms with Crippen molar-refractivity contribution in [3.8, 4) is 5.75 Å². The third kappa shape index (κ3) is 5.36. The van der Waals surface area contributed by atoms with E-state index in [0.717, 1.165) is 24.2 Å². The molecular formula is C13H19NO3. The first kappa shape index (κ1) is 13.5. The topological polar surface area (TPSA) is 61.5 Å². The molecule has 1 aromatic rings. The molecule has 2 N–H and O–H groups in total. The molecule has 0 fully saturated rings. The Morgan fingerprint density at radius 2 is 2.18 bits per heavy atom. The van der Waals surface area contributed by atoms with Crippen LogP contribution in [0.1, 0.15) is 18.4 Å². The van der Waals surface area contributed by atoms with Gasteiger partial charge in [-0.25, -0.2) is 0 Å². The minimum absolute atomic E-state index is 0.245. The second kappa shape index (κ2) is 7.68. The van der Waals surface area contributed by atoms with Crippen LogP contribution in [0.4, 0.5) is 0 Å². The second-order valence-corrected chi connectivity index (χ2v) is 3.74. The van der Waals surface area contributed by atoms with Crippen molar-refractivity contribution in [2.75, 3.05) is 20.3 Å². The molecule has 0 atom stereocenters. The fourth-order valence-corrected chi connectivity index (χ4v) is 1.42. The van der Waals surface area contributed by atoms with Gasteiger partial charge in [0.1, 0.15) is 5.75 Å². The fraction of sp³-hybridized carbons (Fsp3) is 0.462. The first-order chi connectivity index (χ1) is 8.26. The summed E-state index contributed by atoms with van der Waals surface area (Å²) in [7, 11) is 1.38. The number of rotatable bonds is 7. The van der Waals surface area contributed by atoms with Gasteiger partial charge >= 0.3 is 5.97 Å². The van der Waals surface area contributed by atoms with Gasteiger partial charge in [-0.2, -0.15) is 0 Å². The monoisotopic (exact) mass is 237 g/mol.